The van der Waals surface area contributed by atoms with Gasteiger partial charge in [-0.05, 0) is 12.5 Å². The lowest BCUT2D eigenvalue weighted by Crippen LogP contribution is -2.11. The number of hydrogen-bond acceptors (Lipinski definition) is 2. The lowest BCUT2D eigenvalue weighted by atomic mass is 10.0. The number of aromatic amines is 1. The molecule has 3 N–H and O–H groups in total. The van der Waals surface area contributed by atoms with Gasteiger partial charge in [-0.15, -0.1) is 0 Å². The third kappa shape index (κ3) is 1.36. The van der Waals surface area contributed by atoms with Gasteiger partial charge in [-0.3, -0.25) is 5.10 Å². The van der Waals surface area contributed by atoms with Crippen LogP contribution in [0.3, 0.4) is 0 Å². The van der Waals surface area contributed by atoms with E-state index >= 15 is 0 Å². The third-order valence-corrected chi connectivity index (χ3v) is 1.74. The summed E-state index contributed by atoms with van der Waals surface area (Å²) in [4.78, 5) is 0. The molecular weight excluding hydrogens is 126 g/mol. The van der Waals surface area contributed by atoms with Crippen molar-refractivity contribution < 1.29 is 0 Å². The Kier molecular flexibility index (Phi) is 2.45. The summed E-state index contributed by atoms with van der Waals surface area (Å²) in [5.41, 5.74) is 6.67. The first-order chi connectivity index (χ1) is 4.88. The predicted molar refractivity (Wildman–Crippen MR) is 40.7 cm³/mol. The molecule has 0 aliphatic rings. The average Bonchev–Trinajstić information content (AvgIpc) is 2.43. The molecule has 1 unspecified atom stereocenters. The minimum Gasteiger partial charge on any atom is -0.330 e. The van der Waals surface area contributed by atoms with Crippen molar-refractivity contribution in [1.82, 2.24) is 10.2 Å². The van der Waals surface area contributed by atoms with Crippen LogP contribution in [0.4, 0.5) is 0 Å². The highest BCUT2D eigenvalue weighted by molar-refractivity contribution is 5.05. The third-order valence-electron chi connectivity index (χ3n) is 1.74. The van der Waals surface area contributed by atoms with Gasteiger partial charge in [0, 0.05) is 24.4 Å². The van der Waals surface area contributed by atoms with Crippen LogP contribution >= 0.6 is 0 Å². The summed E-state index contributed by atoms with van der Waals surface area (Å²) in [6.45, 7) is 2.82. The number of aromatic nitrogens is 2. The van der Waals surface area contributed by atoms with Crippen LogP contribution in [0.15, 0.2) is 12.3 Å². The van der Waals surface area contributed by atoms with E-state index in [2.05, 4.69) is 17.1 Å². The van der Waals surface area contributed by atoms with Crippen LogP contribution in [0.25, 0.3) is 0 Å². The summed E-state index contributed by atoms with van der Waals surface area (Å²) in [5.74, 6) is 0.447. The molecule has 0 saturated heterocycles. The highest BCUT2D eigenvalue weighted by Gasteiger charge is 2.06. The SMILES string of the molecule is CCC(CN)c1ccn[nH]1. The summed E-state index contributed by atoms with van der Waals surface area (Å²) in [6.07, 6.45) is 2.83. The van der Waals surface area contributed by atoms with Crippen molar-refractivity contribution in [2.24, 2.45) is 5.73 Å². The molecule has 1 atom stereocenters. The van der Waals surface area contributed by atoms with Crippen LogP contribution in [-0.4, -0.2) is 16.7 Å². The van der Waals surface area contributed by atoms with Crippen molar-refractivity contribution in [2.75, 3.05) is 6.54 Å². The Hall–Kier alpha value is -0.830. The molecule has 1 rings (SSSR count). The second-order valence-electron chi connectivity index (χ2n) is 2.35. The topological polar surface area (TPSA) is 54.7 Å². The van der Waals surface area contributed by atoms with Gasteiger partial charge in [0.2, 0.25) is 0 Å². The van der Waals surface area contributed by atoms with E-state index in [4.69, 9.17) is 5.73 Å². The zero-order valence-electron chi connectivity index (χ0n) is 6.17. The maximum Gasteiger partial charge on any atom is 0.0490 e. The molecule has 3 heteroatoms. The van der Waals surface area contributed by atoms with Gasteiger partial charge < -0.3 is 5.73 Å². The summed E-state index contributed by atoms with van der Waals surface area (Å²) in [7, 11) is 0. The van der Waals surface area contributed by atoms with E-state index in [-0.39, 0.29) is 0 Å². The van der Waals surface area contributed by atoms with Gasteiger partial charge in [0.25, 0.3) is 0 Å². The minimum atomic E-state index is 0.447. The van der Waals surface area contributed by atoms with Crippen molar-refractivity contribution in [3.05, 3.63) is 18.0 Å². The molecule has 0 bridgehead atoms. The molecule has 0 radical (unpaired) electrons. The lowest BCUT2D eigenvalue weighted by molar-refractivity contribution is 0.651. The van der Waals surface area contributed by atoms with Crippen LogP contribution in [0.5, 0.6) is 0 Å². The smallest absolute Gasteiger partial charge is 0.0490 e. The molecule has 1 heterocycles. The predicted octanol–water partition coefficient (Wildman–Crippen LogP) is 0.862. The maximum atomic E-state index is 5.53. The fourth-order valence-corrected chi connectivity index (χ4v) is 1.01. The Morgan fingerprint density at radius 3 is 3.00 bits per heavy atom. The lowest BCUT2D eigenvalue weighted by Gasteiger charge is -2.07. The number of nitrogens with two attached hydrogens (primary N) is 1. The second kappa shape index (κ2) is 3.37. The highest BCUT2D eigenvalue weighted by atomic mass is 15.1. The number of nitrogens with zero attached hydrogens (tertiary/aromatic N) is 1. The van der Waals surface area contributed by atoms with Gasteiger partial charge in [0.15, 0.2) is 0 Å². The molecule has 0 aliphatic carbocycles. The van der Waals surface area contributed by atoms with Gasteiger partial charge in [0.1, 0.15) is 0 Å². The molecular formula is C7H13N3. The van der Waals surface area contributed by atoms with E-state index < -0.39 is 0 Å². The molecule has 56 valence electrons. The van der Waals surface area contributed by atoms with Crippen molar-refractivity contribution in [3.63, 3.8) is 0 Å². The summed E-state index contributed by atoms with van der Waals surface area (Å²) in [5, 5.41) is 6.77. The molecule has 1 aromatic rings. The van der Waals surface area contributed by atoms with Gasteiger partial charge in [-0.2, -0.15) is 5.10 Å². The molecule has 10 heavy (non-hydrogen) atoms. The fourth-order valence-electron chi connectivity index (χ4n) is 1.01. The number of hydrogen-bond donors (Lipinski definition) is 2. The van der Waals surface area contributed by atoms with E-state index in [9.17, 15) is 0 Å². The first-order valence-corrected chi connectivity index (χ1v) is 3.57. The first kappa shape index (κ1) is 7.28. The zero-order chi connectivity index (χ0) is 7.40. The molecule has 1 aromatic heterocycles. The van der Waals surface area contributed by atoms with E-state index in [1.807, 2.05) is 6.07 Å². The highest BCUT2D eigenvalue weighted by Crippen LogP contribution is 2.13. The van der Waals surface area contributed by atoms with E-state index in [1.54, 1.807) is 6.20 Å². The van der Waals surface area contributed by atoms with Gasteiger partial charge in [0.05, 0.1) is 0 Å². The Morgan fingerprint density at radius 2 is 2.60 bits per heavy atom. The average molecular weight is 139 g/mol. The van der Waals surface area contributed by atoms with Crippen molar-refractivity contribution in [1.29, 1.82) is 0 Å². The van der Waals surface area contributed by atoms with Gasteiger partial charge in [-0.1, -0.05) is 6.92 Å². The summed E-state index contributed by atoms with van der Waals surface area (Å²) >= 11 is 0. The maximum absolute atomic E-state index is 5.53. The monoisotopic (exact) mass is 139 g/mol. The second-order valence-corrected chi connectivity index (χ2v) is 2.35. The Morgan fingerprint density at radius 1 is 1.80 bits per heavy atom. The van der Waals surface area contributed by atoms with Crippen LogP contribution < -0.4 is 5.73 Å². The minimum absolute atomic E-state index is 0.447. The number of nitrogens with one attached hydrogen (secondary N) is 1. The van der Waals surface area contributed by atoms with Gasteiger partial charge >= 0.3 is 0 Å². The van der Waals surface area contributed by atoms with Crippen LogP contribution in [0.2, 0.25) is 0 Å². The zero-order valence-corrected chi connectivity index (χ0v) is 6.17. The molecule has 0 aromatic carbocycles. The normalized spacial score (nSPS) is 13.4. The Balaban J connectivity index is 2.64. The molecule has 0 fully saturated rings. The van der Waals surface area contributed by atoms with E-state index in [0.717, 1.165) is 12.1 Å². The van der Waals surface area contributed by atoms with Crippen LogP contribution in [0.1, 0.15) is 25.0 Å². The van der Waals surface area contributed by atoms with Crippen molar-refractivity contribution in [2.45, 2.75) is 19.3 Å². The molecule has 0 amide bonds. The summed E-state index contributed by atoms with van der Waals surface area (Å²) in [6, 6.07) is 1.97. The largest absolute Gasteiger partial charge is 0.330 e. The van der Waals surface area contributed by atoms with E-state index in [1.165, 1.54) is 0 Å². The van der Waals surface area contributed by atoms with Crippen LogP contribution in [0, 0.1) is 0 Å². The van der Waals surface area contributed by atoms with Crippen molar-refractivity contribution >= 4 is 0 Å². The fraction of sp³-hybridized carbons (Fsp3) is 0.571. The summed E-state index contributed by atoms with van der Waals surface area (Å²) < 4.78 is 0. The number of rotatable bonds is 3. The van der Waals surface area contributed by atoms with E-state index in [0.29, 0.717) is 12.5 Å². The molecule has 0 saturated carbocycles. The van der Waals surface area contributed by atoms with Crippen molar-refractivity contribution in [3.8, 4) is 0 Å². The first-order valence-electron chi connectivity index (χ1n) is 3.57. The number of H-pyrrole nitrogens is 1. The van der Waals surface area contributed by atoms with Crippen LogP contribution in [-0.2, 0) is 0 Å². The van der Waals surface area contributed by atoms with Gasteiger partial charge in [-0.25, -0.2) is 0 Å². The molecule has 3 nitrogen and oxygen atoms in total. The molecule has 0 spiro atoms. The molecule has 0 aliphatic heterocycles. The standard InChI is InChI=1S/C7H13N3/c1-2-6(5-8)7-3-4-9-10-7/h3-4,6H,2,5,8H2,1H3,(H,9,10). The Labute approximate surface area is 60.6 Å². The Bertz CT molecular complexity index is 165. The quantitative estimate of drug-likeness (QED) is 0.652.